The molecule has 0 fully saturated rings. The third kappa shape index (κ3) is 5.01. The molecule has 2 atom stereocenters. The average Bonchev–Trinajstić information content (AvgIpc) is 3.22. The molecule has 0 aromatic carbocycles. The van der Waals surface area contributed by atoms with Crippen molar-refractivity contribution in [3.8, 4) is 0 Å². The van der Waals surface area contributed by atoms with Gasteiger partial charge in [0.1, 0.15) is 11.8 Å². The summed E-state index contributed by atoms with van der Waals surface area (Å²) in [5.41, 5.74) is 0. The Morgan fingerprint density at radius 2 is 1.75 bits per heavy atom. The summed E-state index contributed by atoms with van der Waals surface area (Å²) < 4.78 is 10.4. The van der Waals surface area contributed by atoms with E-state index in [1.54, 1.807) is 18.4 Å². The Balaban J connectivity index is 1.87. The van der Waals surface area contributed by atoms with Crippen LogP contribution in [0.3, 0.4) is 0 Å². The van der Waals surface area contributed by atoms with E-state index in [0.29, 0.717) is 0 Å². The quantitative estimate of drug-likeness (QED) is 0.778. The summed E-state index contributed by atoms with van der Waals surface area (Å²) in [6, 6.07) is 6.32. The van der Waals surface area contributed by atoms with Gasteiger partial charge in [0.05, 0.1) is 12.5 Å². The molecule has 2 amide bonds. The molecule has 0 aliphatic carbocycles. The van der Waals surface area contributed by atoms with Gasteiger partial charge in [-0.3, -0.25) is 9.59 Å². The lowest BCUT2D eigenvalue weighted by atomic mass is 10.0. The summed E-state index contributed by atoms with van der Waals surface area (Å²) in [7, 11) is 0. The molecule has 130 valence electrons. The van der Waals surface area contributed by atoms with Gasteiger partial charge in [0.15, 0.2) is 5.76 Å². The maximum atomic E-state index is 12.5. The van der Waals surface area contributed by atoms with Crippen LogP contribution in [0.1, 0.15) is 43.5 Å². The Labute approximate surface area is 141 Å². The van der Waals surface area contributed by atoms with E-state index in [0.717, 1.165) is 18.6 Å². The highest BCUT2D eigenvalue weighted by Gasteiger charge is 2.26. The lowest BCUT2D eigenvalue weighted by Gasteiger charge is -2.23. The Morgan fingerprint density at radius 1 is 1.04 bits per heavy atom. The highest BCUT2D eigenvalue weighted by atomic mass is 16.3. The number of carbonyl (C=O) groups is 2. The number of carbonyl (C=O) groups excluding carboxylic acids is 2. The van der Waals surface area contributed by atoms with Crippen LogP contribution >= 0.6 is 0 Å². The number of hydrogen-bond donors (Lipinski definition) is 2. The van der Waals surface area contributed by atoms with Crippen molar-refractivity contribution < 1.29 is 18.4 Å². The minimum atomic E-state index is -0.617. The fraction of sp³-hybridized carbons (Fsp3) is 0.444. The normalized spacial score (nSPS) is 13.5. The minimum Gasteiger partial charge on any atom is -0.469 e. The second kappa shape index (κ2) is 8.38. The van der Waals surface area contributed by atoms with Crippen LogP contribution in [0.15, 0.2) is 45.6 Å². The second-order valence-electron chi connectivity index (χ2n) is 6.20. The molecule has 2 rings (SSSR count). The maximum absolute atomic E-state index is 12.5. The molecule has 0 saturated heterocycles. The van der Waals surface area contributed by atoms with Crippen LogP contribution in [0.5, 0.6) is 0 Å². The van der Waals surface area contributed by atoms with Gasteiger partial charge in [0.25, 0.3) is 5.91 Å². The van der Waals surface area contributed by atoms with Crippen molar-refractivity contribution in [1.82, 2.24) is 10.6 Å². The largest absolute Gasteiger partial charge is 0.469 e. The number of rotatable bonds is 8. The molecule has 2 aromatic rings. The molecule has 0 bridgehead atoms. The molecule has 0 saturated carbocycles. The molecule has 0 aliphatic heterocycles. The predicted octanol–water partition coefficient (Wildman–Crippen LogP) is 2.76. The van der Waals surface area contributed by atoms with Gasteiger partial charge in [0, 0.05) is 12.5 Å². The summed E-state index contributed by atoms with van der Waals surface area (Å²) >= 11 is 0. The summed E-state index contributed by atoms with van der Waals surface area (Å²) in [5, 5.41) is 5.68. The fourth-order valence-electron chi connectivity index (χ4n) is 2.37. The Bertz CT molecular complexity index is 632. The molecule has 0 spiro atoms. The zero-order valence-electron chi connectivity index (χ0n) is 14.2. The van der Waals surface area contributed by atoms with Crippen molar-refractivity contribution in [2.24, 2.45) is 5.92 Å². The van der Waals surface area contributed by atoms with Gasteiger partial charge in [-0.25, -0.2) is 0 Å². The first kappa shape index (κ1) is 17.8. The van der Waals surface area contributed by atoms with E-state index in [-0.39, 0.29) is 23.6 Å². The lowest BCUT2D eigenvalue weighted by molar-refractivity contribution is -0.124. The molecule has 2 unspecified atom stereocenters. The average molecular weight is 332 g/mol. The van der Waals surface area contributed by atoms with Crippen LogP contribution in [0, 0.1) is 5.92 Å². The van der Waals surface area contributed by atoms with Crippen molar-refractivity contribution in [3.63, 3.8) is 0 Å². The van der Waals surface area contributed by atoms with Crippen LogP contribution in [0.25, 0.3) is 0 Å². The molecular weight excluding hydrogens is 308 g/mol. The predicted molar refractivity (Wildman–Crippen MR) is 89.4 cm³/mol. The molecule has 2 N–H and O–H groups in total. The summed E-state index contributed by atoms with van der Waals surface area (Å²) in [4.78, 5) is 24.6. The fourth-order valence-corrected chi connectivity index (χ4v) is 2.37. The number of amides is 2. The molecular formula is C18H24N2O4. The van der Waals surface area contributed by atoms with E-state index in [9.17, 15) is 9.59 Å². The van der Waals surface area contributed by atoms with Gasteiger partial charge in [-0.05, 0) is 43.5 Å². The SMILES string of the molecule is CC(CCc1ccco1)NC(=O)C(NC(=O)c1ccco1)C(C)C. The highest BCUT2D eigenvalue weighted by Crippen LogP contribution is 2.09. The minimum absolute atomic E-state index is 0.0237. The highest BCUT2D eigenvalue weighted by molar-refractivity contribution is 5.95. The van der Waals surface area contributed by atoms with Crippen molar-refractivity contribution in [3.05, 3.63) is 48.3 Å². The van der Waals surface area contributed by atoms with Gasteiger partial charge < -0.3 is 19.5 Å². The van der Waals surface area contributed by atoms with Crippen LogP contribution in [0.4, 0.5) is 0 Å². The van der Waals surface area contributed by atoms with Crippen molar-refractivity contribution in [1.29, 1.82) is 0 Å². The molecule has 0 aliphatic rings. The van der Waals surface area contributed by atoms with Gasteiger partial charge in [-0.15, -0.1) is 0 Å². The van der Waals surface area contributed by atoms with E-state index in [4.69, 9.17) is 8.83 Å². The first-order chi connectivity index (χ1) is 11.5. The zero-order valence-corrected chi connectivity index (χ0v) is 14.2. The van der Waals surface area contributed by atoms with Crippen molar-refractivity contribution in [2.45, 2.75) is 45.7 Å². The summed E-state index contributed by atoms with van der Waals surface area (Å²) in [6.45, 7) is 5.72. The van der Waals surface area contributed by atoms with Crippen LogP contribution in [0.2, 0.25) is 0 Å². The topological polar surface area (TPSA) is 84.5 Å². The number of aryl methyl sites for hydroxylation is 1. The standard InChI is InChI=1S/C18H24N2O4/c1-12(2)16(20-17(21)15-7-5-11-24-15)18(22)19-13(3)8-9-14-6-4-10-23-14/h4-7,10-13,16H,8-9H2,1-3H3,(H,19,22)(H,20,21). The Morgan fingerprint density at radius 3 is 2.33 bits per heavy atom. The second-order valence-corrected chi connectivity index (χ2v) is 6.20. The monoisotopic (exact) mass is 332 g/mol. The van der Waals surface area contributed by atoms with E-state index in [2.05, 4.69) is 10.6 Å². The van der Waals surface area contributed by atoms with Gasteiger partial charge in [-0.1, -0.05) is 13.8 Å². The van der Waals surface area contributed by atoms with Crippen LogP contribution < -0.4 is 10.6 Å². The van der Waals surface area contributed by atoms with E-state index in [1.807, 2.05) is 32.9 Å². The summed E-state index contributed by atoms with van der Waals surface area (Å²) in [6.07, 6.45) is 4.57. The third-order valence-electron chi connectivity index (χ3n) is 3.77. The molecule has 2 aromatic heterocycles. The number of nitrogens with one attached hydrogen (secondary N) is 2. The van der Waals surface area contributed by atoms with E-state index in [1.165, 1.54) is 6.26 Å². The molecule has 24 heavy (non-hydrogen) atoms. The van der Waals surface area contributed by atoms with Crippen molar-refractivity contribution in [2.75, 3.05) is 0 Å². The van der Waals surface area contributed by atoms with Crippen molar-refractivity contribution >= 4 is 11.8 Å². The third-order valence-corrected chi connectivity index (χ3v) is 3.77. The first-order valence-electron chi connectivity index (χ1n) is 8.14. The lowest BCUT2D eigenvalue weighted by Crippen LogP contribution is -2.51. The Kier molecular flexibility index (Phi) is 6.23. The van der Waals surface area contributed by atoms with E-state index < -0.39 is 11.9 Å². The summed E-state index contributed by atoms with van der Waals surface area (Å²) in [5.74, 6) is 0.456. The number of hydrogen-bond acceptors (Lipinski definition) is 4. The first-order valence-corrected chi connectivity index (χ1v) is 8.14. The van der Waals surface area contributed by atoms with Gasteiger partial charge >= 0.3 is 0 Å². The zero-order chi connectivity index (χ0) is 17.5. The van der Waals surface area contributed by atoms with Gasteiger partial charge in [-0.2, -0.15) is 0 Å². The van der Waals surface area contributed by atoms with Gasteiger partial charge in [0.2, 0.25) is 5.91 Å². The molecule has 6 heteroatoms. The van der Waals surface area contributed by atoms with E-state index >= 15 is 0 Å². The maximum Gasteiger partial charge on any atom is 0.287 e. The van der Waals surface area contributed by atoms with Crippen LogP contribution in [-0.4, -0.2) is 23.9 Å². The Hall–Kier alpha value is -2.50. The smallest absolute Gasteiger partial charge is 0.287 e. The molecule has 6 nitrogen and oxygen atoms in total. The molecule has 2 heterocycles. The van der Waals surface area contributed by atoms with Crippen LogP contribution in [-0.2, 0) is 11.2 Å². The number of furan rings is 2. The molecule has 0 radical (unpaired) electrons.